The van der Waals surface area contributed by atoms with Crippen molar-refractivity contribution >= 4 is 39.1 Å². The van der Waals surface area contributed by atoms with Gasteiger partial charge in [0.05, 0.1) is 21.7 Å². The van der Waals surface area contributed by atoms with Gasteiger partial charge in [-0.2, -0.15) is 0 Å². The molecule has 0 fully saturated rings. The van der Waals surface area contributed by atoms with Gasteiger partial charge in [-0.1, -0.05) is 29.3 Å². The molecule has 1 N–H and O–H groups in total. The lowest BCUT2D eigenvalue weighted by Gasteiger charge is -2.15. The Morgan fingerprint density at radius 2 is 1.90 bits per heavy atom. The lowest BCUT2D eigenvalue weighted by Crippen LogP contribution is -2.00. The van der Waals surface area contributed by atoms with Crippen molar-refractivity contribution in [2.24, 2.45) is 0 Å². The highest BCUT2D eigenvalue weighted by atomic mass is 79.9. The SMILES string of the molecule is CC(O)c1c(F)cccc1Oc1cc(Cl)c(Br)cc1Cl. The number of aliphatic hydroxyl groups is 1. The molecule has 0 bridgehead atoms. The van der Waals surface area contributed by atoms with Crippen LogP contribution in [-0.2, 0) is 0 Å². The largest absolute Gasteiger partial charge is 0.455 e. The predicted octanol–water partition coefficient (Wildman–Crippen LogP) is 5.74. The summed E-state index contributed by atoms with van der Waals surface area (Å²) in [5.41, 5.74) is 0.0719. The highest BCUT2D eigenvalue weighted by Gasteiger charge is 2.17. The van der Waals surface area contributed by atoms with Crippen molar-refractivity contribution in [1.82, 2.24) is 0 Å². The van der Waals surface area contributed by atoms with E-state index in [4.69, 9.17) is 27.9 Å². The lowest BCUT2D eigenvalue weighted by molar-refractivity contribution is 0.190. The summed E-state index contributed by atoms with van der Waals surface area (Å²) in [5, 5.41) is 10.4. The summed E-state index contributed by atoms with van der Waals surface area (Å²) in [6, 6.07) is 7.40. The van der Waals surface area contributed by atoms with Crippen LogP contribution < -0.4 is 4.74 Å². The second-order valence-corrected chi connectivity index (χ2v) is 5.80. The minimum atomic E-state index is -1.00. The molecule has 6 heteroatoms. The van der Waals surface area contributed by atoms with E-state index in [0.717, 1.165) is 0 Å². The Balaban J connectivity index is 2.45. The minimum Gasteiger partial charge on any atom is -0.455 e. The van der Waals surface area contributed by atoms with Gasteiger partial charge in [-0.25, -0.2) is 4.39 Å². The number of halogens is 4. The molecule has 1 atom stereocenters. The zero-order chi connectivity index (χ0) is 14.9. The van der Waals surface area contributed by atoms with E-state index in [9.17, 15) is 9.50 Å². The molecule has 0 saturated heterocycles. The fourth-order valence-corrected chi connectivity index (χ4v) is 2.54. The van der Waals surface area contributed by atoms with E-state index in [1.165, 1.54) is 25.1 Å². The first-order valence-electron chi connectivity index (χ1n) is 5.69. The summed E-state index contributed by atoms with van der Waals surface area (Å²) < 4.78 is 20.0. The molecule has 0 saturated carbocycles. The Bertz CT molecular complexity index is 647. The first-order chi connectivity index (χ1) is 9.40. The van der Waals surface area contributed by atoms with Gasteiger partial charge in [0, 0.05) is 10.5 Å². The number of rotatable bonds is 3. The van der Waals surface area contributed by atoms with Crippen molar-refractivity contribution in [3.8, 4) is 11.5 Å². The number of hydrogen-bond acceptors (Lipinski definition) is 2. The average Bonchev–Trinajstić information content (AvgIpc) is 2.35. The second-order valence-electron chi connectivity index (χ2n) is 4.13. The van der Waals surface area contributed by atoms with Crippen molar-refractivity contribution < 1.29 is 14.2 Å². The molecule has 2 rings (SSSR count). The molecular weight excluding hydrogens is 370 g/mol. The third-order valence-corrected chi connectivity index (χ3v) is 4.12. The summed E-state index contributed by atoms with van der Waals surface area (Å²) in [6.45, 7) is 1.46. The molecule has 0 aliphatic rings. The van der Waals surface area contributed by atoms with Crippen LogP contribution in [0.15, 0.2) is 34.8 Å². The maximum Gasteiger partial charge on any atom is 0.147 e. The highest BCUT2D eigenvalue weighted by molar-refractivity contribution is 9.10. The zero-order valence-electron chi connectivity index (χ0n) is 10.3. The van der Waals surface area contributed by atoms with Gasteiger partial charge in [0.15, 0.2) is 0 Å². The van der Waals surface area contributed by atoms with Crippen molar-refractivity contribution in [3.05, 3.63) is 56.2 Å². The standard InChI is InChI=1S/C14H10BrCl2FO2/c1-7(19)14-11(18)3-2-4-12(14)20-13-6-9(16)8(15)5-10(13)17/h2-7,19H,1H3. The fraction of sp³-hybridized carbons (Fsp3) is 0.143. The molecule has 2 aromatic rings. The van der Waals surface area contributed by atoms with Crippen LogP contribution in [-0.4, -0.2) is 5.11 Å². The van der Waals surface area contributed by atoms with Crippen LogP contribution in [0.25, 0.3) is 0 Å². The van der Waals surface area contributed by atoms with E-state index in [0.29, 0.717) is 14.5 Å². The molecule has 2 aromatic carbocycles. The molecular formula is C14H10BrCl2FO2. The van der Waals surface area contributed by atoms with Crippen molar-refractivity contribution in [1.29, 1.82) is 0 Å². The van der Waals surface area contributed by atoms with E-state index in [2.05, 4.69) is 15.9 Å². The third-order valence-electron chi connectivity index (χ3n) is 2.63. The Labute approximate surface area is 134 Å². The van der Waals surface area contributed by atoms with Crippen LogP contribution >= 0.6 is 39.1 Å². The first-order valence-corrected chi connectivity index (χ1v) is 7.24. The molecule has 0 spiro atoms. The molecule has 20 heavy (non-hydrogen) atoms. The molecule has 1 unspecified atom stereocenters. The molecule has 2 nitrogen and oxygen atoms in total. The maximum atomic E-state index is 13.7. The van der Waals surface area contributed by atoms with E-state index in [1.807, 2.05) is 0 Å². The normalized spacial score (nSPS) is 12.3. The Morgan fingerprint density at radius 3 is 2.55 bits per heavy atom. The fourth-order valence-electron chi connectivity index (χ4n) is 1.71. The topological polar surface area (TPSA) is 29.5 Å². The van der Waals surface area contributed by atoms with Crippen molar-refractivity contribution in [2.45, 2.75) is 13.0 Å². The number of benzene rings is 2. The Hall–Kier alpha value is -0.810. The summed E-state index contributed by atoms with van der Waals surface area (Å²) in [6.07, 6.45) is -1.00. The van der Waals surface area contributed by atoms with E-state index in [1.54, 1.807) is 12.1 Å². The van der Waals surface area contributed by atoms with E-state index < -0.39 is 11.9 Å². The van der Waals surface area contributed by atoms with Gasteiger partial charge >= 0.3 is 0 Å². The van der Waals surface area contributed by atoms with Gasteiger partial charge in [-0.05, 0) is 41.1 Å². The van der Waals surface area contributed by atoms with Crippen LogP contribution in [0.2, 0.25) is 10.0 Å². The Morgan fingerprint density at radius 1 is 1.20 bits per heavy atom. The first kappa shape index (κ1) is 15.6. The smallest absolute Gasteiger partial charge is 0.147 e. The number of hydrogen-bond donors (Lipinski definition) is 1. The predicted molar refractivity (Wildman–Crippen MR) is 81.3 cm³/mol. The highest BCUT2D eigenvalue weighted by Crippen LogP contribution is 2.38. The lowest BCUT2D eigenvalue weighted by atomic mass is 10.1. The van der Waals surface area contributed by atoms with Gasteiger partial charge in [0.1, 0.15) is 17.3 Å². The minimum absolute atomic E-state index is 0.0719. The van der Waals surface area contributed by atoms with Gasteiger partial charge in [0.2, 0.25) is 0 Å². The van der Waals surface area contributed by atoms with Gasteiger partial charge < -0.3 is 9.84 Å². The van der Waals surface area contributed by atoms with Gasteiger partial charge in [-0.3, -0.25) is 0 Å². The molecule has 0 aliphatic heterocycles. The molecule has 0 radical (unpaired) electrons. The second kappa shape index (κ2) is 6.31. The monoisotopic (exact) mass is 378 g/mol. The molecule has 0 aliphatic carbocycles. The van der Waals surface area contributed by atoms with Crippen LogP contribution in [0, 0.1) is 5.82 Å². The summed E-state index contributed by atoms with van der Waals surface area (Å²) in [4.78, 5) is 0. The third kappa shape index (κ3) is 3.26. The van der Waals surface area contributed by atoms with E-state index in [-0.39, 0.29) is 17.1 Å². The zero-order valence-corrected chi connectivity index (χ0v) is 13.4. The molecule has 0 amide bonds. The number of aliphatic hydroxyl groups excluding tert-OH is 1. The maximum absolute atomic E-state index is 13.7. The van der Waals surface area contributed by atoms with Gasteiger partial charge in [-0.15, -0.1) is 0 Å². The molecule has 0 aromatic heterocycles. The summed E-state index contributed by atoms with van der Waals surface area (Å²) in [5.74, 6) is -0.0653. The summed E-state index contributed by atoms with van der Waals surface area (Å²) >= 11 is 15.3. The van der Waals surface area contributed by atoms with Crippen LogP contribution in [0.4, 0.5) is 4.39 Å². The van der Waals surface area contributed by atoms with Crippen LogP contribution in [0.1, 0.15) is 18.6 Å². The summed E-state index contributed by atoms with van der Waals surface area (Å²) in [7, 11) is 0. The van der Waals surface area contributed by atoms with Crippen LogP contribution in [0.5, 0.6) is 11.5 Å². The quantitative estimate of drug-likeness (QED) is 0.689. The number of ether oxygens (including phenoxy) is 1. The average molecular weight is 380 g/mol. The van der Waals surface area contributed by atoms with Crippen molar-refractivity contribution in [3.63, 3.8) is 0 Å². The van der Waals surface area contributed by atoms with Crippen LogP contribution in [0.3, 0.4) is 0 Å². The van der Waals surface area contributed by atoms with Gasteiger partial charge in [0.25, 0.3) is 0 Å². The molecule has 106 valence electrons. The van der Waals surface area contributed by atoms with E-state index >= 15 is 0 Å². The Kier molecular flexibility index (Phi) is 4.91. The van der Waals surface area contributed by atoms with Crippen molar-refractivity contribution in [2.75, 3.05) is 0 Å². The molecule has 0 heterocycles.